The lowest BCUT2D eigenvalue weighted by Gasteiger charge is -2.10. The fourth-order valence-corrected chi connectivity index (χ4v) is 2.26. The van der Waals surface area contributed by atoms with Crippen molar-refractivity contribution in [3.05, 3.63) is 42.0 Å². The Labute approximate surface area is 128 Å². The van der Waals surface area contributed by atoms with Crippen LogP contribution in [0.5, 0.6) is 5.75 Å². The zero-order valence-electron chi connectivity index (χ0n) is 13.0. The molecule has 0 fully saturated rings. The van der Waals surface area contributed by atoms with Crippen LogP contribution in [0.2, 0.25) is 0 Å². The summed E-state index contributed by atoms with van der Waals surface area (Å²) in [5, 5.41) is 17.8. The second kappa shape index (κ2) is 11.4. The molecule has 0 atom stereocenters. The summed E-state index contributed by atoms with van der Waals surface area (Å²) >= 11 is 0. The van der Waals surface area contributed by atoms with Gasteiger partial charge in [0.05, 0.1) is 0 Å². The first-order valence-corrected chi connectivity index (χ1v) is 7.99. The van der Waals surface area contributed by atoms with E-state index in [4.69, 9.17) is 14.7 Å². The van der Waals surface area contributed by atoms with Crippen molar-refractivity contribution in [1.82, 2.24) is 0 Å². The maximum absolute atomic E-state index is 8.88. The molecule has 0 saturated heterocycles. The summed E-state index contributed by atoms with van der Waals surface area (Å²) in [5.74, 6) is 0.558. The normalized spacial score (nSPS) is 11.0. The molecule has 116 valence electrons. The molecule has 0 aliphatic heterocycles. The summed E-state index contributed by atoms with van der Waals surface area (Å²) < 4.78 is 4.98. The van der Waals surface area contributed by atoms with Crippen LogP contribution in [0.3, 0.4) is 0 Å². The highest BCUT2D eigenvalue weighted by atomic mass is 16.6. The number of para-hydroxylation sites is 1. The Bertz CT molecular complexity index is 405. The summed E-state index contributed by atoms with van der Waals surface area (Å²) in [6.07, 6.45) is 13.9. The molecule has 21 heavy (non-hydrogen) atoms. The third kappa shape index (κ3) is 8.58. The Morgan fingerprint density at radius 3 is 2.33 bits per heavy atom. The Morgan fingerprint density at radius 1 is 1.00 bits per heavy atom. The standard InChI is InChI=1S/C17H27BO3/c1-2-3-4-5-6-7-8-9-10-13-16-14-11-12-15-17(16)21-18(19)20/h6-7,11-12,14-15,19-20H,2-5,8-10,13H2,1H3. The molecule has 0 saturated carbocycles. The molecule has 0 heterocycles. The van der Waals surface area contributed by atoms with E-state index in [1.165, 1.54) is 25.7 Å². The molecule has 1 aromatic carbocycles. The molecule has 0 aliphatic rings. The zero-order chi connectivity index (χ0) is 15.3. The first-order chi connectivity index (χ1) is 10.2. The lowest BCUT2D eigenvalue weighted by molar-refractivity contribution is 0.287. The van der Waals surface area contributed by atoms with E-state index in [1.54, 1.807) is 6.07 Å². The number of allylic oxidation sites excluding steroid dienone is 2. The molecule has 3 nitrogen and oxygen atoms in total. The van der Waals surface area contributed by atoms with Crippen molar-refractivity contribution in [3.8, 4) is 5.75 Å². The van der Waals surface area contributed by atoms with Crippen LogP contribution in [-0.2, 0) is 6.42 Å². The van der Waals surface area contributed by atoms with E-state index < -0.39 is 7.32 Å². The van der Waals surface area contributed by atoms with Crippen molar-refractivity contribution >= 4 is 7.32 Å². The first-order valence-electron chi connectivity index (χ1n) is 7.99. The van der Waals surface area contributed by atoms with Gasteiger partial charge in [0.25, 0.3) is 0 Å². The number of aryl methyl sites for hydroxylation is 1. The van der Waals surface area contributed by atoms with Gasteiger partial charge in [-0.15, -0.1) is 0 Å². The van der Waals surface area contributed by atoms with Gasteiger partial charge in [0, 0.05) is 0 Å². The van der Waals surface area contributed by atoms with E-state index in [0.717, 1.165) is 31.2 Å². The smallest absolute Gasteiger partial charge is 0.512 e. The Hall–Kier alpha value is -1.26. The monoisotopic (exact) mass is 290 g/mol. The Balaban J connectivity index is 2.20. The van der Waals surface area contributed by atoms with E-state index >= 15 is 0 Å². The van der Waals surface area contributed by atoms with Crippen LogP contribution in [-0.4, -0.2) is 17.4 Å². The molecular weight excluding hydrogens is 263 g/mol. The van der Waals surface area contributed by atoms with Crippen molar-refractivity contribution in [2.75, 3.05) is 0 Å². The van der Waals surface area contributed by atoms with Crippen LogP contribution in [0.15, 0.2) is 36.4 Å². The van der Waals surface area contributed by atoms with E-state index in [2.05, 4.69) is 19.1 Å². The van der Waals surface area contributed by atoms with Gasteiger partial charge in [-0.25, -0.2) is 0 Å². The molecule has 0 aliphatic carbocycles. The number of rotatable bonds is 11. The number of benzene rings is 1. The van der Waals surface area contributed by atoms with Crippen molar-refractivity contribution in [3.63, 3.8) is 0 Å². The summed E-state index contributed by atoms with van der Waals surface area (Å²) in [6, 6.07) is 7.51. The Kier molecular flexibility index (Phi) is 9.67. The molecule has 1 aromatic rings. The molecular formula is C17H27BO3. The number of hydrogen-bond donors (Lipinski definition) is 2. The second-order valence-corrected chi connectivity index (χ2v) is 5.26. The van der Waals surface area contributed by atoms with E-state index in [0.29, 0.717) is 5.75 Å². The fourth-order valence-electron chi connectivity index (χ4n) is 2.26. The molecule has 2 N–H and O–H groups in total. The highest BCUT2D eigenvalue weighted by molar-refractivity contribution is 6.33. The topological polar surface area (TPSA) is 49.7 Å². The van der Waals surface area contributed by atoms with Gasteiger partial charge in [-0.1, -0.05) is 50.1 Å². The molecule has 0 radical (unpaired) electrons. The van der Waals surface area contributed by atoms with Crippen LogP contribution in [0.25, 0.3) is 0 Å². The quantitative estimate of drug-likeness (QED) is 0.369. The van der Waals surface area contributed by atoms with Gasteiger partial charge in [0.2, 0.25) is 0 Å². The summed E-state index contributed by atoms with van der Waals surface area (Å²) in [7, 11) is -1.75. The average Bonchev–Trinajstić information content (AvgIpc) is 2.46. The van der Waals surface area contributed by atoms with Crippen LogP contribution < -0.4 is 4.65 Å². The van der Waals surface area contributed by atoms with Gasteiger partial charge in [-0.2, -0.15) is 0 Å². The van der Waals surface area contributed by atoms with Gasteiger partial charge in [-0.3, -0.25) is 0 Å². The zero-order valence-corrected chi connectivity index (χ0v) is 13.0. The van der Waals surface area contributed by atoms with Gasteiger partial charge in [0.1, 0.15) is 5.75 Å². The fraction of sp³-hybridized carbons (Fsp3) is 0.529. The maximum atomic E-state index is 8.88. The van der Waals surface area contributed by atoms with E-state index in [1.807, 2.05) is 18.2 Å². The molecule has 0 spiro atoms. The average molecular weight is 290 g/mol. The number of hydrogen-bond acceptors (Lipinski definition) is 3. The van der Waals surface area contributed by atoms with Crippen LogP contribution in [0.4, 0.5) is 0 Å². The highest BCUT2D eigenvalue weighted by Crippen LogP contribution is 2.20. The summed E-state index contributed by atoms with van der Waals surface area (Å²) in [4.78, 5) is 0. The van der Waals surface area contributed by atoms with Crippen molar-refractivity contribution in [2.45, 2.75) is 58.3 Å². The largest absolute Gasteiger partial charge is 0.707 e. The van der Waals surface area contributed by atoms with Gasteiger partial charge in [0.15, 0.2) is 0 Å². The van der Waals surface area contributed by atoms with Gasteiger partial charge >= 0.3 is 7.32 Å². The van der Waals surface area contributed by atoms with Crippen LogP contribution in [0.1, 0.15) is 57.4 Å². The molecule has 1 rings (SSSR count). The van der Waals surface area contributed by atoms with Crippen LogP contribution >= 0.6 is 0 Å². The second-order valence-electron chi connectivity index (χ2n) is 5.26. The first kappa shape index (κ1) is 17.8. The number of unbranched alkanes of at least 4 members (excludes halogenated alkanes) is 5. The van der Waals surface area contributed by atoms with Crippen molar-refractivity contribution < 1.29 is 14.7 Å². The van der Waals surface area contributed by atoms with Crippen molar-refractivity contribution in [2.24, 2.45) is 0 Å². The summed E-state index contributed by atoms with van der Waals surface area (Å²) in [5.41, 5.74) is 1.03. The SMILES string of the molecule is CCCCCC=CCCCCc1ccccc1OB(O)O. The van der Waals surface area contributed by atoms with Gasteiger partial charge in [-0.05, 0) is 50.2 Å². The van der Waals surface area contributed by atoms with E-state index in [9.17, 15) is 0 Å². The molecule has 0 amide bonds. The molecule has 0 bridgehead atoms. The predicted octanol–water partition coefficient (Wildman–Crippen LogP) is 3.88. The maximum Gasteiger partial charge on any atom is 0.707 e. The van der Waals surface area contributed by atoms with E-state index in [-0.39, 0.29) is 0 Å². The minimum atomic E-state index is -1.75. The summed E-state index contributed by atoms with van der Waals surface area (Å²) in [6.45, 7) is 2.22. The van der Waals surface area contributed by atoms with Gasteiger partial charge < -0.3 is 14.7 Å². The predicted molar refractivity (Wildman–Crippen MR) is 88.1 cm³/mol. The van der Waals surface area contributed by atoms with Crippen molar-refractivity contribution in [1.29, 1.82) is 0 Å². The molecule has 4 heteroatoms. The van der Waals surface area contributed by atoms with Crippen LogP contribution in [0, 0.1) is 0 Å². The third-order valence-electron chi connectivity index (χ3n) is 3.41. The molecule has 0 aromatic heterocycles. The molecule has 0 unspecified atom stereocenters. The minimum absolute atomic E-state index is 0.558. The lowest BCUT2D eigenvalue weighted by atomic mass is 10.0. The lowest BCUT2D eigenvalue weighted by Crippen LogP contribution is -2.21. The highest BCUT2D eigenvalue weighted by Gasteiger charge is 2.13. The third-order valence-corrected chi connectivity index (χ3v) is 3.41. The Morgan fingerprint density at radius 2 is 1.67 bits per heavy atom. The minimum Gasteiger partial charge on any atom is -0.512 e.